The Balaban J connectivity index is 1.85. The molecule has 1 aliphatic rings. The highest BCUT2D eigenvalue weighted by Gasteiger charge is 2.30. The summed E-state index contributed by atoms with van der Waals surface area (Å²) in [6, 6.07) is 6.40. The largest absolute Gasteiger partial charge is 0.457 e. The number of hydrogen-bond acceptors (Lipinski definition) is 4. The molecule has 0 amide bonds. The number of pyridine rings is 1. The summed E-state index contributed by atoms with van der Waals surface area (Å²) in [5.41, 5.74) is 0.540. The van der Waals surface area contributed by atoms with Gasteiger partial charge in [-0.25, -0.2) is 0 Å². The van der Waals surface area contributed by atoms with Crippen molar-refractivity contribution in [2.75, 3.05) is 0 Å². The van der Waals surface area contributed by atoms with Gasteiger partial charge in [0.25, 0.3) is 0 Å². The smallest absolute Gasteiger partial charge is 0.416 e. The highest BCUT2D eigenvalue weighted by molar-refractivity contribution is 9.18. The van der Waals surface area contributed by atoms with Gasteiger partial charge in [0.2, 0.25) is 0 Å². The van der Waals surface area contributed by atoms with E-state index in [1.54, 1.807) is 19.2 Å². The Morgan fingerprint density at radius 1 is 1.29 bits per heavy atom. The van der Waals surface area contributed by atoms with Gasteiger partial charge >= 0.3 is 6.18 Å². The average molecular weight is 401 g/mol. The van der Waals surface area contributed by atoms with E-state index in [1.165, 1.54) is 12.1 Å². The van der Waals surface area contributed by atoms with Crippen molar-refractivity contribution >= 4 is 20.6 Å². The molecule has 1 aliphatic heterocycles. The van der Waals surface area contributed by atoms with Crippen LogP contribution in [-0.2, 0) is 11.0 Å². The molecule has 24 heavy (non-hydrogen) atoms. The Hall–Kier alpha value is -2.09. The molecule has 8 heteroatoms. The van der Waals surface area contributed by atoms with Crippen molar-refractivity contribution in [3.63, 3.8) is 0 Å². The summed E-state index contributed by atoms with van der Waals surface area (Å²) >= 11 is 3.25. The van der Waals surface area contributed by atoms with Crippen molar-refractivity contribution < 1.29 is 22.7 Å². The van der Waals surface area contributed by atoms with Crippen LogP contribution in [0.1, 0.15) is 29.3 Å². The molecular formula is C16H12BrF3N2O2. The van der Waals surface area contributed by atoms with Crippen molar-refractivity contribution in [3.8, 4) is 11.5 Å². The van der Waals surface area contributed by atoms with Gasteiger partial charge < -0.3 is 9.57 Å². The number of nitrogens with zero attached hydrogens (tertiary/aromatic N) is 2. The van der Waals surface area contributed by atoms with Crippen molar-refractivity contribution in [1.29, 1.82) is 0 Å². The lowest BCUT2D eigenvalue weighted by molar-refractivity contribution is -0.137. The van der Waals surface area contributed by atoms with E-state index in [-0.39, 0.29) is 11.9 Å². The number of oxime groups is 1. The molecule has 3 rings (SSSR count). The van der Waals surface area contributed by atoms with Crippen LogP contribution < -0.4 is 4.74 Å². The SMILES string of the molecule is Cc1cnc([C@H]2CC(Br)=NO2)cc1Oc1cccc(C(F)(F)F)c1. The monoisotopic (exact) mass is 400 g/mol. The average Bonchev–Trinajstić information content (AvgIpc) is 2.95. The normalized spacial score (nSPS) is 17.4. The first kappa shape index (κ1) is 16.8. The minimum Gasteiger partial charge on any atom is -0.457 e. The third-order valence-corrected chi connectivity index (χ3v) is 3.90. The number of halogens is 4. The second kappa shape index (κ2) is 6.43. The van der Waals surface area contributed by atoms with E-state index >= 15 is 0 Å². The molecule has 0 bridgehead atoms. The van der Waals surface area contributed by atoms with Crippen LogP contribution in [-0.4, -0.2) is 9.60 Å². The van der Waals surface area contributed by atoms with E-state index in [0.717, 1.165) is 12.1 Å². The third kappa shape index (κ3) is 3.69. The quantitative estimate of drug-likeness (QED) is 0.695. The first-order chi connectivity index (χ1) is 11.3. The maximum Gasteiger partial charge on any atom is 0.416 e. The number of hydrogen-bond donors (Lipinski definition) is 0. The molecule has 0 unspecified atom stereocenters. The Morgan fingerprint density at radius 3 is 2.75 bits per heavy atom. The van der Waals surface area contributed by atoms with Crippen LogP contribution in [0.5, 0.6) is 11.5 Å². The number of alkyl halides is 3. The van der Waals surface area contributed by atoms with Gasteiger partial charge in [0, 0.05) is 24.2 Å². The number of aromatic nitrogens is 1. The second-order valence-electron chi connectivity index (χ2n) is 5.27. The first-order valence-corrected chi connectivity index (χ1v) is 7.82. The molecule has 2 heterocycles. The molecular weight excluding hydrogens is 389 g/mol. The van der Waals surface area contributed by atoms with E-state index in [4.69, 9.17) is 9.57 Å². The molecule has 4 nitrogen and oxygen atoms in total. The topological polar surface area (TPSA) is 43.7 Å². The Bertz CT molecular complexity index is 793. The summed E-state index contributed by atoms with van der Waals surface area (Å²) in [7, 11) is 0. The number of rotatable bonds is 3. The summed E-state index contributed by atoms with van der Waals surface area (Å²) in [6.45, 7) is 1.77. The standard InChI is InChI=1S/C16H12BrF3N2O2/c1-9-8-21-12(14-7-15(17)22-24-14)6-13(9)23-11-4-2-3-10(5-11)16(18,19)20/h2-6,8,14H,7H2,1H3/t14-/m1/s1. The number of benzene rings is 1. The van der Waals surface area contributed by atoms with E-state index < -0.39 is 11.7 Å². The van der Waals surface area contributed by atoms with Gasteiger partial charge in [-0.05, 0) is 41.1 Å². The molecule has 126 valence electrons. The van der Waals surface area contributed by atoms with Gasteiger partial charge in [0.05, 0.1) is 11.3 Å². The molecule has 0 spiro atoms. The van der Waals surface area contributed by atoms with E-state index in [0.29, 0.717) is 28.0 Å². The Kier molecular flexibility index (Phi) is 4.49. The zero-order valence-corrected chi connectivity index (χ0v) is 14.1. The van der Waals surface area contributed by atoms with Crippen molar-refractivity contribution in [2.45, 2.75) is 25.6 Å². The van der Waals surface area contributed by atoms with E-state index in [9.17, 15) is 13.2 Å². The molecule has 1 aromatic heterocycles. The molecule has 0 fully saturated rings. The van der Waals surface area contributed by atoms with Crippen LogP contribution in [0.25, 0.3) is 0 Å². The van der Waals surface area contributed by atoms with Gasteiger partial charge in [-0.15, -0.1) is 0 Å². The van der Waals surface area contributed by atoms with Gasteiger partial charge in [-0.2, -0.15) is 13.2 Å². The Morgan fingerprint density at radius 2 is 2.08 bits per heavy atom. The van der Waals surface area contributed by atoms with Crippen molar-refractivity contribution in [1.82, 2.24) is 4.98 Å². The van der Waals surface area contributed by atoms with Crippen molar-refractivity contribution in [3.05, 3.63) is 53.3 Å². The lowest BCUT2D eigenvalue weighted by Crippen LogP contribution is -2.05. The fourth-order valence-electron chi connectivity index (χ4n) is 2.18. The maximum absolute atomic E-state index is 12.8. The zero-order valence-electron chi connectivity index (χ0n) is 12.5. The minimum atomic E-state index is -4.42. The van der Waals surface area contributed by atoms with Gasteiger partial charge in [0.15, 0.2) is 6.10 Å². The molecule has 2 aromatic rings. The second-order valence-corrected chi connectivity index (χ2v) is 6.18. The molecule has 1 aromatic carbocycles. The predicted octanol–water partition coefficient (Wildman–Crippen LogP) is 5.37. The van der Waals surface area contributed by atoms with Crippen LogP contribution in [0, 0.1) is 6.92 Å². The lowest BCUT2D eigenvalue weighted by atomic mass is 10.1. The molecule has 0 radical (unpaired) electrons. The zero-order chi connectivity index (χ0) is 17.3. The summed E-state index contributed by atoms with van der Waals surface area (Å²) in [5, 5.41) is 3.80. The molecule has 0 saturated carbocycles. The Labute approximate surface area is 144 Å². The van der Waals surface area contributed by atoms with Gasteiger partial charge in [-0.1, -0.05) is 11.2 Å². The fourth-order valence-corrected chi connectivity index (χ4v) is 2.55. The highest BCUT2D eigenvalue weighted by atomic mass is 79.9. The van der Waals surface area contributed by atoms with E-state index in [2.05, 4.69) is 26.1 Å². The predicted molar refractivity (Wildman–Crippen MR) is 85.3 cm³/mol. The van der Waals surface area contributed by atoms with Gasteiger partial charge in [-0.3, -0.25) is 4.98 Å². The number of aryl methyl sites for hydroxylation is 1. The van der Waals surface area contributed by atoms with Gasteiger partial charge in [0.1, 0.15) is 16.1 Å². The molecule has 0 aliphatic carbocycles. The summed E-state index contributed by atoms with van der Waals surface area (Å²) in [6.07, 6.45) is -2.63. The highest BCUT2D eigenvalue weighted by Crippen LogP contribution is 2.35. The van der Waals surface area contributed by atoms with E-state index in [1.807, 2.05) is 0 Å². The van der Waals surface area contributed by atoms with Crippen LogP contribution in [0.3, 0.4) is 0 Å². The van der Waals surface area contributed by atoms with Crippen LogP contribution in [0.4, 0.5) is 13.2 Å². The summed E-state index contributed by atoms with van der Waals surface area (Å²) in [5.74, 6) is 0.529. The molecule has 0 saturated heterocycles. The van der Waals surface area contributed by atoms with Crippen LogP contribution in [0.15, 0.2) is 41.7 Å². The lowest BCUT2D eigenvalue weighted by Gasteiger charge is -2.14. The molecule has 1 atom stereocenters. The first-order valence-electron chi connectivity index (χ1n) is 7.03. The molecule has 0 N–H and O–H groups in total. The summed E-state index contributed by atoms with van der Waals surface area (Å²) in [4.78, 5) is 9.51. The van der Waals surface area contributed by atoms with Crippen LogP contribution >= 0.6 is 15.9 Å². The third-order valence-electron chi connectivity index (χ3n) is 3.43. The van der Waals surface area contributed by atoms with Crippen molar-refractivity contribution in [2.24, 2.45) is 5.16 Å². The number of ether oxygens (including phenoxy) is 1. The summed E-state index contributed by atoms with van der Waals surface area (Å²) < 4.78 is 44.7. The minimum absolute atomic E-state index is 0.106. The maximum atomic E-state index is 12.8. The van der Waals surface area contributed by atoms with Crippen LogP contribution in [0.2, 0.25) is 0 Å². The fraction of sp³-hybridized carbons (Fsp3) is 0.250.